The van der Waals surface area contributed by atoms with E-state index < -0.39 is 29.5 Å². The molecule has 216 valence electrons. The second kappa shape index (κ2) is 14.3. The van der Waals surface area contributed by atoms with Crippen LogP contribution in [0.25, 0.3) is 0 Å². The number of carboxylic acids is 1. The highest BCUT2D eigenvalue weighted by Crippen LogP contribution is 2.45. The monoisotopic (exact) mass is 614 g/mol. The van der Waals surface area contributed by atoms with E-state index in [1.807, 2.05) is 12.1 Å². The van der Waals surface area contributed by atoms with Gasteiger partial charge in [-0.15, -0.1) is 24.8 Å². The molecule has 0 aromatic heterocycles. The first-order chi connectivity index (χ1) is 18.4. The van der Waals surface area contributed by atoms with Gasteiger partial charge in [-0.2, -0.15) is 0 Å². The van der Waals surface area contributed by atoms with Crippen LogP contribution in [0.1, 0.15) is 11.1 Å². The van der Waals surface area contributed by atoms with Crippen LogP contribution >= 0.6 is 36.4 Å². The molecule has 0 amide bonds. The van der Waals surface area contributed by atoms with Crippen molar-refractivity contribution in [3.05, 3.63) is 94.5 Å². The number of hydrogen-bond acceptors (Lipinski definition) is 5. The van der Waals surface area contributed by atoms with Crippen LogP contribution in [-0.4, -0.2) is 54.4 Å². The summed E-state index contributed by atoms with van der Waals surface area (Å²) in [7, 11) is 0. The highest BCUT2D eigenvalue weighted by atomic mass is 35.5. The number of benzene rings is 3. The Morgan fingerprint density at radius 3 is 2.30 bits per heavy atom. The number of nitrogens with zero attached hydrogens (tertiary/aromatic N) is 1. The van der Waals surface area contributed by atoms with Crippen LogP contribution in [0.15, 0.2) is 66.7 Å². The lowest BCUT2D eigenvalue weighted by molar-refractivity contribution is -0.145. The number of fused-ring (bicyclic) bond motifs is 1. The van der Waals surface area contributed by atoms with Crippen molar-refractivity contribution in [1.29, 1.82) is 0 Å². The van der Waals surface area contributed by atoms with Crippen molar-refractivity contribution in [3.8, 4) is 11.5 Å². The highest BCUT2D eigenvalue weighted by Gasteiger charge is 2.55. The number of nitrogens with one attached hydrogen (secondary N) is 1. The molecule has 3 aromatic rings. The summed E-state index contributed by atoms with van der Waals surface area (Å²) in [5.74, 6) is -1.18. The van der Waals surface area contributed by atoms with Crippen molar-refractivity contribution in [3.63, 3.8) is 0 Å². The Morgan fingerprint density at radius 1 is 1.00 bits per heavy atom. The standard InChI is InChI=1S/C29H29ClF2N2O4.2ClH/c30-20-5-1-19(2-6-20)15-34-16-23-24(17-34)28(23)33-11-12-37-22-8-3-18(4-9-22)13-27(29(35)36)38-26-14-21(31)7-10-25(26)32;;/h1-10,14,23-24,27-28,33H,11-13,15-17H2,(H,35,36);2*1H/t23-,24?,27-,28+;;/m0../s1. The number of carbonyl (C=O) groups is 1. The van der Waals surface area contributed by atoms with E-state index in [9.17, 15) is 18.7 Å². The largest absolute Gasteiger partial charge is 0.492 e. The third-order valence-corrected chi connectivity index (χ3v) is 7.37. The van der Waals surface area contributed by atoms with Gasteiger partial charge in [0.2, 0.25) is 0 Å². The van der Waals surface area contributed by atoms with Gasteiger partial charge in [-0.1, -0.05) is 35.9 Å². The molecule has 2 N–H and O–H groups in total. The Labute approximate surface area is 249 Å². The van der Waals surface area contributed by atoms with Crippen molar-refractivity contribution in [2.45, 2.75) is 25.1 Å². The number of likely N-dealkylation sites (tertiary alicyclic amines) is 1. The number of halogens is 5. The quantitative estimate of drug-likeness (QED) is 0.257. The molecule has 2 aliphatic rings. The number of aliphatic carboxylic acids is 1. The van der Waals surface area contributed by atoms with Gasteiger partial charge in [0.25, 0.3) is 0 Å². The van der Waals surface area contributed by atoms with Gasteiger partial charge in [0, 0.05) is 49.7 Å². The fourth-order valence-electron chi connectivity index (χ4n) is 5.12. The summed E-state index contributed by atoms with van der Waals surface area (Å²) >= 11 is 5.97. The molecule has 3 aromatic carbocycles. The predicted molar refractivity (Wildman–Crippen MR) is 154 cm³/mol. The molecule has 1 aliphatic carbocycles. The van der Waals surface area contributed by atoms with E-state index in [4.69, 9.17) is 21.1 Å². The number of rotatable bonds is 12. The molecule has 40 heavy (non-hydrogen) atoms. The number of carboxylic acid groups (broad SMARTS) is 1. The molecule has 0 spiro atoms. The predicted octanol–water partition coefficient (Wildman–Crippen LogP) is 5.64. The van der Waals surface area contributed by atoms with E-state index in [1.54, 1.807) is 24.3 Å². The van der Waals surface area contributed by atoms with Crippen molar-refractivity contribution < 1.29 is 28.2 Å². The molecular weight excluding hydrogens is 585 g/mol. The SMILES string of the molecule is Cl.Cl.O=C(O)[C@H](Cc1ccc(OCCN[C@H]2C3CN(Cc4ccc(Cl)cc4)C[C@@H]32)cc1)Oc1cc(F)ccc1F. The zero-order chi connectivity index (χ0) is 26.6. The van der Waals surface area contributed by atoms with Gasteiger partial charge in [0.1, 0.15) is 18.2 Å². The summed E-state index contributed by atoms with van der Waals surface area (Å²) in [6, 6.07) is 18.3. The first-order valence-electron chi connectivity index (χ1n) is 12.6. The lowest BCUT2D eigenvalue weighted by atomic mass is 10.1. The van der Waals surface area contributed by atoms with E-state index in [2.05, 4.69) is 22.3 Å². The Hall–Kier alpha value is -2.62. The number of hydrogen-bond donors (Lipinski definition) is 2. The molecule has 2 fully saturated rings. The Morgan fingerprint density at radius 2 is 1.65 bits per heavy atom. The van der Waals surface area contributed by atoms with Crippen LogP contribution in [0.2, 0.25) is 5.02 Å². The van der Waals surface area contributed by atoms with Crippen LogP contribution in [0.4, 0.5) is 8.78 Å². The molecule has 1 saturated carbocycles. The number of piperidine rings is 1. The van der Waals surface area contributed by atoms with Gasteiger partial charge >= 0.3 is 5.97 Å². The van der Waals surface area contributed by atoms with Gasteiger partial charge < -0.3 is 19.9 Å². The summed E-state index contributed by atoms with van der Waals surface area (Å²) in [6.45, 7) is 4.41. The van der Waals surface area contributed by atoms with Gasteiger partial charge in [-0.3, -0.25) is 4.90 Å². The minimum Gasteiger partial charge on any atom is -0.492 e. The molecule has 4 atom stereocenters. The zero-order valence-electron chi connectivity index (χ0n) is 21.5. The molecule has 1 unspecified atom stereocenters. The van der Waals surface area contributed by atoms with E-state index in [-0.39, 0.29) is 31.2 Å². The normalized spacial score (nSPS) is 20.0. The van der Waals surface area contributed by atoms with Crippen molar-refractivity contribution >= 4 is 42.4 Å². The lowest BCUT2D eigenvalue weighted by Gasteiger charge is -2.20. The topological polar surface area (TPSA) is 71.0 Å². The Kier molecular flexibility index (Phi) is 11.4. The van der Waals surface area contributed by atoms with E-state index >= 15 is 0 Å². The molecular formula is C29H31Cl3F2N2O4. The van der Waals surface area contributed by atoms with Crippen LogP contribution in [-0.2, 0) is 17.8 Å². The second-order valence-corrected chi connectivity index (χ2v) is 10.3. The van der Waals surface area contributed by atoms with Gasteiger partial charge in [0.05, 0.1) is 0 Å². The lowest BCUT2D eigenvalue weighted by Crippen LogP contribution is -2.33. The molecule has 0 radical (unpaired) electrons. The summed E-state index contributed by atoms with van der Waals surface area (Å²) < 4.78 is 38.3. The summed E-state index contributed by atoms with van der Waals surface area (Å²) in [4.78, 5) is 14.1. The van der Waals surface area contributed by atoms with E-state index in [1.165, 1.54) is 5.56 Å². The maximum atomic E-state index is 13.8. The van der Waals surface area contributed by atoms with Crippen molar-refractivity contribution in [2.75, 3.05) is 26.2 Å². The summed E-state index contributed by atoms with van der Waals surface area (Å²) in [5.41, 5.74) is 1.96. The van der Waals surface area contributed by atoms with Crippen molar-refractivity contribution in [2.24, 2.45) is 11.8 Å². The summed E-state index contributed by atoms with van der Waals surface area (Å²) in [6.07, 6.45) is -1.37. The van der Waals surface area contributed by atoms with Crippen LogP contribution in [0, 0.1) is 23.5 Å². The molecule has 11 heteroatoms. The maximum absolute atomic E-state index is 13.8. The zero-order valence-corrected chi connectivity index (χ0v) is 23.9. The third-order valence-electron chi connectivity index (χ3n) is 7.12. The van der Waals surface area contributed by atoms with Gasteiger partial charge in [-0.25, -0.2) is 13.6 Å². The number of ether oxygens (including phenoxy) is 2. The Balaban J connectivity index is 0.00000220. The molecule has 1 saturated heterocycles. The van der Waals surface area contributed by atoms with Crippen LogP contribution in [0.5, 0.6) is 11.5 Å². The van der Waals surface area contributed by atoms with Crippen molar-refractivity contribution in [1.82, 2.24) is 10.2 Å². The van der Waals surface area contributed by atoms with Gasteiger partial charge in [0.15, 0.2) is 17.7 Å². The molecule has 5 rings (SSSR count). The molecule has 1 heterocycles. The molecule has 0 bridgehead atoms. The smallest absolute Gasteiger partial charge is 0.345 e. The first kappa shape index (κ1) is 31.9. The average molecular weight is 616 g/mol. The molecule has 1 aliphatic heterocycles. The second-order valence-electron chi connectivity index (χ2n) is 9.84. The maximum Gasteiger partial charge on any atom is 0.345 e. The molecule has 6 nitrogen and oxygen atoms in total. The van der Waals surface area contributed by atoms with E-state index in [0.717, 1.165) is 49.4 Å². The average Bonchev–Trinajstić information content (AvgIpc) is 3.35. The minimum atomic E-state index is -1.36. The minimum absolute atomic E-state index is 0. The van der Waals surface area contributed by atoms with Crippen LogP contribution in [0.3, 0.4) is 0 Å². The van der Waals surface area contributed by atoms with Crippen LogP contribution < -0.4 is 14.8 Å². The first-order valence-corrected chi connectivity index (χ1v) is 13.0. The Bertz CT molecular complexity index is 1260. The van der Waals surface area contributed by atoms with E-state index in [0.29, 0.717) is 35.8 Å². The fourth-order valence-corrected chi connectivity index (χ4v) is 5.25. The highest BCUT2D eigenvalue weighted by molar-refractivity contribution is 6.30. The summed E-state index contributed by atoms with van der Waals surface area (Å²) in [5, 5.41) is 13.8. The third kappa shape index (κ3) is 8.21. The van der Waals surface area contributed by atoms with Gasteiger partial charge in [-0.05, 0) is 59.4 Å². The fraction of sp³-hybridized carbons (Fsp3) is 0.345.